The van der Waals surface area contributed by atoms with Crippen molar-refractivity contribution >= 4 is 17.0 Å². The number of fused-ring (bicyclic) bond motifs is 1. The van der Waals surface area contributed by atoms with Crippen LogP contribution < -0.4 is 11.3 Å². The van der Waals surface area contributed by atoms with Gasteiger partial charge in [-0.2, -0.15) is 0 Å². The lowest BCUT2D eigenvalue weighted by Crippen LogP contribution is -2.33. The summed E-state index contributed by atoms with van der Waals surface area (Å²) in [7, 11) is 0. The van der Waals surface area contributed by atoms with Crippen molar-refractivity contribution in [3.8, 4) is 0 Å². The van der Waals surface area contributed by atoms with Gasteiger partial charge in [0.1, 0.15) is 24.6 Å². The van der Waals surface area contributed by atoms with Crippen LogP contribution >= 0.6 is 0 Å². The van der Waals surface area contributed by atoms with Crippen LogP contribution in [-0.4, -0.2) is 59.8 Å². The van der Waals surface area contributed by atoms with Gasteiger partial charge in [-0.3, -0.25) is 4.57 Å². The van der Waals surface area contributed by atoms with Crippen molar-refractivity contribution in [1.82, 2.24) is 19.5 Å². The van der Waals surface area contributed by atoms with Crippen LogP contribution in [-0.2, 0) is 4.74 Å². The SMILES string of the molecule is NNc1ncnc2c1ncn2C1O[C@H](CO)[C@@H](O)[C@H]1O. The monoisotopic (exact) mass is 282 g/mol. The van der Waals surface area contributed by atoms with Gasteiger partial charge >= 0.3 is 0 Å². The number of nitrogens with two attached hydrogens (primary N) is 1. The molecule has 1 saturated heterocycles. The highest BCUT2D eigenvalue weighted by Gasteiger charge is 2.43. The van der Waals surface area contributed by atoms with E-state index >= 15 is 0 Å². The Hall–Kier alpha value is -1.85. The van der Waals surface area contributed by atoms with Crippen molar-refractivity contribution in [1.29, 1.82) is 0 Å². The van der Waals surface area contributed by atoms with Crippen LogP contribution in [0.5, 0.6) is 0 Å². The predicted octanol–water partition coefficient (Wildman–Crippen LogP) is -2.28. The third-order valence-corrected chi connectivity index (χ3v) is 3.29. The second kappa shape index (κ2) is 4.92. The lowest BCUT2D eigenvalue weighted by atomic mass is 10.1. The molecule has 10 heteroatoms. The Morgan fingerprint density at radius 1 is 1.30 bits per heavy atom. The summed E-state index contributed by atoms with van der Waals surface area (Å²) in [5, 5.41) is 28.9. The zero-order chi connectivity index (χ0) is 14.3. The van der Waals surface area contributed by atoms with Crippen LogP contribution in [0.15, 0.2) is 12.7 Å². The van der Waals surface area contributed by atoms with Gasteiger partial charge in [-0.05, 0) is 0 Å². The summed E-state index contributed by atoms with van der Waals surface area (Å²) in [6.45, 7) is -0.397. The van der Waals surface area contributed by atoms with Gasteiger partial charge in [0.05, 0.1) is 12.9 Å². The normalized spacial score (nSPS) is 30.0. The number of nitrogen functional groups attached to an aromatic ring is 1. The first-order chi connectivity index (χ1) is 9.67. The molecule has 0 aliphatic carbocycles. The molecule has 6 N–H and O–H groups in total. The Morgan fingerprint density at radius 3 is 2.75 bits per heavy atom. The smallest absolute Gasteiger partial charge is 0.171 e. The van der Waals surface area contributed by atoms with E-state index in [4.69, 9.17) is 15.7 Å². The molecule has 0 spiro atoms. The molecule has 0 aromatic carbocycles. The van der Waals surface area contributed by atoms with Crippen LogP contribution in [0.2, 0.25) is 0 Å². The molecule has 0 bridgehead atoms. The van der Waals surface area contributed by atoms with Gasteiger partial charge in [0.2, 0.25) is 0 Å². The Balaban J connectivity index is 2.03. The van der Waals surface area contributed by atoms with Gasteiger partial charge in [-0.1, -0.05) is 0 Å². The summed E-state index contributed by atoms with van der Waals surface area (Å²) >= 11 is 0. The third-order valence-electron chi connectivity index (χ3n) is 3.29. The number of ether oxygens (including phenoxy) is 1. The highest BCUT2D eigenvalue weighted by Crippen LogP contribution is 2.31. The van der Waals surface area contributed by atoms with E-state index in [1.807, 2.05) is 0 Å². The number of aromatic nitrogens is 4. The summed E-state index contributed by atoms with van der Waals surface area (Å²) in [4.78, 5) is 12.1. The van der Waals surface area contributed by atoms with E-state index in [0.717, 1.165) is 0 Å². The second-order valence-electron chi connectivity index (χ2n) is 4.42. The molecule has 1 fully saturated rings. The van der Waals surface area contributed by atoms with Crippen LogP contribution in [0.25, 0.3) is 11.2 Å². The average Bonchev–Trinajstić information content (AvgIpc) is 3.01. The maximum Gasteiger partial charge on any atom is 0.171 e. The predicted molar refractivity (Wildman–Crippen MR) is 66.1 cm³/mol. The number of hydrogen-bond acceptors (Lipinski definition) is 9. The van der Waals surface area contributed by atoms with Crippen molar-refractivity contribution in [3.05, 3.63) is 12.7 Å². The van der Waals surface area contributed by atoms with Crippen molar-refractivity contribution < 1.29 is 20.1 Å². The summed E-state index contributed by atoms with van der Waals surface area (Å²) in [5.74, 6) is 5.66. The Labute approximate surface area is 112 Å². The first kappa shape index (κ1) is 13.1. The summed E-state index contributed by atoms with van der Waals surface area (Å²) in [6.07, 6.45) is -1.45. The average molecular weight is 282 g/mol. The summed E-state index contributed by atoms with van der Waals surface area (Å²) in [5.41, 5.74) is 3.20. The van der Waals surface area contributed by atoms with Crippen molar-refractivity contribution in [2.24, 2.45) is 5.84 Å². The molecular formula is C10H14N6O4. The molecule has 1 aliphatic rings. The zero-order valence-corrected chi connectivity index (χ0v) is 10.3. The van der Waals surface area contributed by atoms with E-state index < -0.39 is 31.1 Å². The molecule has 2 aromatic rings. The molecule has 0 radical (unpaired) electrons. The number of imidazole rings is 1. The van der Waals surface area contributed by atoms with Gasteiger partial charge in [0.25, 0.3) is 0 Å². The quantitative estimate of drug-likeness (QED) is 0.310. The third kappa shape index (κ3) is 1.82. The van der Waals surface area contributed by atoms with Crippen LogP contribution in [0.1, 0.15) is 6.23 Å². The fourth-order valence-electron chi connectivity index (χ4n) is 2.25. The highest BCUT2D eigenvalue weighted by atomic mass is 16.6. The number of rotatable bonds is 3. The summed E-state index contributed by atoms with van der Waals surface area (Å²) in [6, 6.07) is 0. The molecule has 3 heterocycles. The van der Waals surface area contributed by atoms with Crippen LogP contribution in [0.4, 0.5) is 5.82 Å². The number of aliphatic hydroxyl groups excluding tert-OH is 3. The fourth-order valence-corrected chi connectivity index (χ4v) is 2.25. The zero-order valence-electron chi connectivity index (χ0n) is 10.3. The molecule has 20 heavy (non-hydrogen) atoms. The van der Waals surface area contributed by atoms with E-state index in [1.165, 1.54) is 17.2 Å². The van der Waals surface area contributed by atoms with E-state index in [1.54, 1.807) is 0 Å². The maximum atomic E-state index is 10.00. The van der Waals surface area contributed by atoms with E-state index in [2.05, 4.69) is 20.4 Å². The van der Waals surface area contributed by atoms with E-state index in [9.17, 15) is 10.2 Å². The van der Waals surface area contributed by atoms with Crippen LogP contribution in [0.3, 0.4) is 0 Å². The first-order valence-electron chi connectivity index (χ1n) is 5.94. The molecule has 1 unspecified atom stereocenters. The molecule has 0 amide bonds. The van der Waals surface area contributed by atoms with Gasteiger partial charge in [-0.15, -0.1) is 0 Å². The second-order valence-corrected chi connectivity index (χ2v) is 4.42. The molecule has 2 aromatic heterocycles. The molecular weight excluding hydrogens is 268 g/mol. The lowest BCUT2D eigenvalue weighted by Gasteiger charge is -2.16. The maximum absolute atomic E-state index is 10.00. The highest BCUT2D eigenvalue weighted by molar-refractivity contribution is 5.82. The van der Waals surface area contributed by atoms with E-state index in [0.29, 0.717) is 17.0 Å². The van der Waals surface area contributed by atoms with Gasteiger partial charge < -0.3 is 25.5 Å². The minimum Gasteiger partial charge on any atom is -0.394 e. The Morgan fingerprint density at radius 2 is 2.10 bits per heavy atom. The van der Waals surface area contributed by atoms with Gasteiger partial charge in [-0.25, -0.2) is 20.8 Å². The topological polar surface area (TPSA) is 152 Å². The van der Waals surface area contributed by atoms with Crippen molar-refractivity contribution in [3.63, 3.8) is 0 Å². The van der Waals surface area contributed by atoms with Crippen LogP contribution in [0, 0.1) is 0 Å². The first-order valence-corrected chi connectivity index (χ1v) is 5.94. The van der Waals surface area contributed by atoms with Crippen molar-refractivity contribution in [2.45, 2.75) is 24.5 Å². The van der Waals surface area contributed by atoms with Gasteiger partial charge in [0.15, 0.2) is 23.2 Å². The minimum atomic E-state index is -1.20. The summed E-state index contributed by atoms with van der Waals surface area (Å²) < 4.78 is 6.88. The molecule has 3 rings (SSSR count). The standard InChI is InChI=1S/C10H14N6O4/c11-15-8-5-9(13-2-12-8)16(3-14-5)10-7(19)6(18)4(1-17)20-10/h2-4,6-7,10,17-19H,1,11H2,(H,12,13,15)/t4-,6-,7-,10?/m1/s1. The number of anilines is 1. The molecule has 4 atom stereocenters. The molecule has 10 nitrogen and oxygen atoms in total. The fraction of sp³-hybridized carbons (Fsp3) is 0.500. The largest absolute Gasteiger partial charge is 0.394 e. The van der Waals surface area contributed by atoms with Crippen molar-refractivity contribution in [2.75, 3.05) is 12.0 Å². The molecule has 1 aliphatic heterocycles. The minimum absolute atomic E-state index is 0.334. The number of nitrogens with zero attached hydrogens (tertiary/aromatic N) is 4. The number of hydrazine groups is 1. The Bertz CT molecular complexity index is 619. The number of aliphatic hydroxyl groups is 3. The molecule has 0 saturated carbocycles. The Kier molecular flexibility index (Phi) is 3.23. The lowest BCUT2D eigenvalue weighted by molar-refractivity contribution is -0.0511. The number of nitrogens with one attached hydrogen (secondary N) is 1. The number of hydrogen-bond donors (Lipinski definition) is 5. The van der Waals surface area contributed by atoms with Gasteiger partial charge in [0, 0.05) is 0 Å². The van der Waals surface area contributed by atoms with E-state index in [-0.39, 0.29) is 0 Å². The molecule has 108 valence electrons.